The molecular formula is C19H19F3N6S. The molecule has 2 fully saturated rings. The van der Waals surface area contributed by atoms with E-state index >= 15 is 0 Å². The molecule has 5 rings (SSSR count). The van der Waals surface area contributed by atoms with Gasteiger partial charge in [-0.05, 0) is 31.4 Å². The molecule has 1 aliphatic carbocycles. The zero-order valence-corrected chi connectivity index (χ0v) is 16.4. The van der Waals surface area contributed by atoms with Crippen molar-refractivity contribution in [2.24, 2.45) is 0 Å². The van der Waals surface area contributed by atoms with Gasteiger partial charge in [0.25, 0.3) is 0 Å². The summed E-state index contributed by atoms with van der Waals surface area (Å²) in [6.45, 7) is 0.950. The van der Waals surface area contributed by atoms with Gasteiger partial charge < -0.3 is 9.88 Å². The van der Waals surface area contributed by atoms with Crippen molar-refractivity contribution in [2.45, 2.75) is 60.2 Å². The van der Waals surface area contributed by atoms with Crippen LogP contribution in [0.5, 0.6) is 0 Å². The zero-order chi connectivity index (χ0) is 20.1. The Labute approximate surface area is 169 Å². The molecule has 6 nitrogen and oxygen atoms in total. The number of anilines is 1. The van der Waals surface area contributed by atoms with E-state index in [9.17, 15) is 13.2 Å². The number of fused-ring (bicyclic) bond motifs is 1. The second kappa shape index (κ2) is 6.86. The molecule has 1 spiro atoms. The van der Waals surface area contributed by atoms with Gasteiger partial charge in [0.1, 0.15) is 5.03 Å². The van der Waals surface area contributed by atoms with Gasteiger partial charge in [-0.3, -0.25) is 4.98 Å². The van der Waals surface area contributed by atoms with Gasteiger partial charge in [0.15, 0.2) is 17.0 Å². The lowest BCUT2D eigenvalue weighted by Crippen LogP contribution is -2.61. The topological polar surface area (TPSA) is 70.6 Å². The molecule has 3 aromatic rings. The highest BCUT2D eigenvalue weighted by Crippen LogP contribution is 2.45. The first-order valence-electron chi connectivity index (χ1n) is 9.65. The molecule has 1 saturated carbocycles. The highest BCUT2D eigenvalue weighted by molar-refractivity contribution is 7.99. The number of hydrogen-bond acceptors (Lipinski definition) is 6. The van der Waals surface area contributed by atoms with Crippen molar-refractivity contribution >= 4 is 29.0 Å². The minimum atomic E-state index is -4.52. The minimum absolute atomic E-state index is 0.00251. The summed E-state index contributed by atoms with van der Waals surface area (Å²) in [5, 5.41) is 0.363. The molecule has 0 radical (unpaired) electrons. The van der Waals surface area contributed by atoms with Crippen LogP contribution in [0.4, 0.5) is 19.1 Å². The lowest BCUT2D eigenvalue weighted by Gasteiger charge is -2.55. The van der Waals surface area contributed by atoms with E-state index in [1.807, 2.05) is 0 Å². The Morgan fingerprint density at radius 1 is 1.07 bits per heavy atom. The van der Waals surface area contributed by atoms with Gasteiger partial charge in [0.05, 0.1) is 6.20 Å². The Morgan fingerprint density at radius 2 is 1.90 bits per heavy atom. The Balaban J connectivity index is 1.42. The first kappa shape index (κ1) is 18.7. The zero-order valence-electron chi connectivity index (χ0n) is 15.5. The smallest absolute Gasteiger partial charge is 0.336 e. The summed E-state index contributed by atoms with van der Waals surface area (Å²) in [5.41, 5.74) is 0.239. The fourth-order valence-corrected chi connectivity index (χ4v) is 5.22. The molecule has 0 aromatic carbocycles. The molecule has 0 amide bonds. The quantitative estimate of drug-likeness (QED) is 0.654. The summed E-state index contributed by atoms with van der Waals surface area (Å²) in [4.78, 5) is 22.4. The van der Waals surface area contributed by atoms with Crippen molar-refractivity contribution in [3.8, 4) is 0 Å². The summed E-state index contributed by atoms with van der Waals surface area (Å²) in [5.74, 6) is 0.757. The molecule has 3 aromatic heterocycles. The Bertz CT molecular complexity index is 1040. The van der Waals surface area contributed by atoms with Crippen molar-refractivity contribution in [2.75, 3.05) is 11.4 Å². The first-order chi connectivity index (χ1) is 13.9. The van der Waals surface area contributed by atoms with Crippen molar-refractivity contribution in [3.63, 3.8) is 0 Å². The number of alkyl halides is 3. The summed E-state index contributed by atoms with van der Waals surface area (Å²) in [6.07, 6.45) is 5.35. The fourth-order valence-electron chi connectivity index (χ4n) is 4.34. The second-order valence-electron chi connectivity index (χ2n) is 7.58. The highest BCUT2D eigenvalue weighted by Gasteiger charge is 2.46. The van der Waals surface area contributed by atoms with Crippen molar-refractivity contribution in [1.29, 1.82) is 0 Å². The van der Waals surface area contributed by atoms with Gasteiger partial charge in [0.2, 0.25) is 5.95 Å². The first-order valence-corrected chi connectivity index (χ1v) is 10.5. The Hall–Kier alpha value is -2.36. The second-order valence-corrected chi connectivity index (χ2v) is 8.64. The summed E-state index contributed by atoms with van der Waals surface area (Å²) < 4.78 is 39.5. The molecule has 4 heterocycles. The predicted octanol–water partition coefficient (Wildman–Crippen LogP) is 4.83. The van der Waals surface area contributed by atoms with Crippen LogP contribution in [-0.4, -0.2) is 37.0 Å². The number of pyridine rings is 1. The van der Waals surface area contributed by atoms with Gasteiger partial charge >= 0.3 is 6.18 Å². The third-order valence-corrected chi connectivity index (χ3v) is 6.80. The SMILES string of the molecule is FC(F)(F)c1ncccc1Sc1cnc2nc(N3CCC34CCCCC4)[nH]c2n1. The van der Waals surface area contributed by atoms with Crippen LogP contribution in [0, 0.1) is 0 Å². The molecule has 0 bridgehead atoms. The lowest BCUT2D eigenvalue weighted by atomic mass is 9.73. The van der Waals surface area contributed by atoms with E-state index in [2.05, 4.69) is 29.8 Å². The third kappa shape index (κ3) is 3.33. The number of nitrogens with zero attached hydrogens (tertiary/aromatic N) is 5. The highest BCUT2D eigenvalue weighted by atomic mass is 32.2. The van der Waals surface area contributed by atoms with Crippen molar-refractivity contribution < 1.29 is 13.2 Å². The average molecular weight is 420 g/mol. The molecule has 152 valence electrons. The van der Waals surface area contributed by atoms with Gasteiger partial charge in [-0.25, -0.2) is 9.97 Å². The Morgan fingerprint density at radius 3 is 2.62 bits per heavy atom. The van der Waals surface area contributed by atoms with Crippen LogP contribution in [0.2, 0.25) is 0 Å². The monoisotopic (exact) mass is 420 g/mol. The van der Waals surface area contributed by atoms with Crippen LogP contribution in [0.3, 0.4) is 0 Å². The predicted molar refractivity (Wildman–Crippen MR) is 103 cm³/mol. The molecule has 1 N–H and O–H groups in total. The van der Waals surface area contributed by atoms with Crippen LogP contribution in [0.25, 0.3) is 11.3 Å². The van der Waals surface area contributed by atoms with E-state index in [1.54, 1.807) is 0 Å². The summed E-state index contributed by atoms with van der Waals surface area (Å²) in [6, 6.07) is 2.86. The largest absolute Gasteiger partial charge is 0.434 e. The number of aromatic nitrogens is 5. The van der Waals surface area contributed by atoms with Crippen molar-refractivity contribution in [1.82, 2.24) is 24.9 Å². The van der Waals surface area contributed by atoms with E-state index in [0.29, 0.717) is 16.3 Å². The maximum atomic E-state index is 13.2. The van der Waals surface area contributed by atoms with Crippen LogP contribution in [-0.2, 0) is 6.18 Å². The molecule has 0 atom stereocenters. The van der Waals surface area contributed by atoms with Crippen LogP contribution >= 0.6 is 11.8 Å². The Kier molecular flexibility index (Phi) is 4.41. The molecule has 0 unspecified atom stereocenters. The van der Waals surface area contributed by atoms with Gasteiger partial charge in [0, 0.05) is 23.2 Å². The number of aromatic amines is 1. The van der Waals surface area contributed by atoms with Gasteiger partial charge in [-0.15, -0.1) is 0 Å². The fraction of sp³-hybridized carbons (Fsp3) is 0.474. The molecule has 10 heteroatoms. The number of imidazole rings is 1. The molecule has 2 aliphatic rings. The normalized spacial score (nSPS) is 18.9. The molecular weight excluding hydrogens is 401 g/mol. The maximum absolute atomic E-state index is 13.2. The standard InChI is InChI=1S/C19H19F3N6S/c20-19(21,22)14-12(5-4-9-23-14)29-13-11-24-15-16(25-13)27-17(26-15)28-10-8-18(28)6-2-1-3-7-18/h4-5,9,11H,1-3,6-8,10H2,(H,24,25,26,27). The number of rotatable bonds is 3. The summed E-state index contributed by atoms with van der Waals surface area (Å²) in [7, 11) is 0. The summed E-state index contributed by atoms with van der Waals surface area (Å²) >= 11 is 0.897. The van der Waals surface area contributed by atoms with E-state index in [0.717, 1.165) is 30.5 Å². The molecule has 1 saturated heterocycles. The van der Waals surface area contributed by atoms with E-state index in [4.69, 9.17) is 0 Å². The van der Waals surface area contributed by atoms with E-state index in [1.165, 1.54) is 56.9 Å². The minimum Gasteiger partial charge on any atom is -0.336 e. The van der Waals surface area contributed by atoms with Crippen LogP contribution in [0.15, 0.2) is 34.4 Å². The van der Waals surface area contributed by atoms with Gasteiger partial charge in [-0.2, -0.15) is 18.2 Å². The van der Waals surface area contributed by atoms with Crippen LogP contribution < -0.4 is 4.90 Å². The number of H-pyrrole nitrogens is 1. The van der Waals surface area contributed by atoms with Crippen LogP contribution in [0.1, 0.15) is 44.2 Å². The number of halogens is 3. The number of nitrogens with one attached hydrogen (secondary N) is 1. The van der Waals surface area contributed by atoms with E-state index in [-0.39, 0.29) is 10.4 Å². The molecule has 1 aliphatic heterocycles. The third-order valence-electron chi connectivity index (χ3n) is 5.84. The number of hydrogen-bond donors (Lipinski definition) is 1. The lowest BCUT2D eigenvalue weighted by molar-refractivity contribution is -0.143. The maximum Gasteiger partial charge on any atom is 0.434 e. The van der Waals surface area contributed by atoms with Crippen molar-refractivity contribution in [3.05, 3.63) is 30.2 Å². The van der Waals surface area contributed by atoms with E-state index < -0.39 is 11.9 Å². The molecule has 29 heavy (non-hydrogen) atoms. The average Bonchev–Trinajstić information content (AvgIpc) is 3.09. The van der Waals surface area contributed by atoms with Gasteiger partial charge in [-0.1, -0.05) is 31.0 Å².